The summed E-state index contributed by atoms with van der Waals surface area (Å²) < 4.78 is 39.4. The molecule has 1 aliphatic heterocycles. The van der Waals surface area contributed by atoms with E-state index in [2.05, 4.69) is 4.98 Å². The van der Waals surface area contributed by atoms with Gasteiger partial charge in [-0.25, -0.2) is 9.18 Å². The molecule has 208 valence electrons. The van der Waals surface area contributed by atoms with Crippen LogP contribution in [0.4, 0.5) is 4.39 Å². The second-order valence-corrected chi connectivity index (χ2v) is 9.33. The minimum absolute atomic E-state index is 0.233. The number of aliphatic hydroxyl groups excluding tert-OH is 1. The molecule has 4 aromatic rings. The third kappa shape index (κ3) is 5.04. The molecule has 1 fully saturated rings. The van der Waals surface area contributed by atoms with Crippen molar-refractivity contribution >= 4 is 0 Å². The highest BCUT2D eigenvalue weighted by Crippen LogP contribution is 2.43. The first-order valence-corrected chi connectivity index (χ1v) is 12.6. The smallest absolute Gasteiger partial charge is 0.330 e. The van der Waals surface area contributed by atoms with E-state index in [1.54, 1.807) is 14.2 Å². The van der Waals surface area contributed by atoms with Gasteiger partial charge in [0, 0.05) is 12.3 Å². The van der Waals surface area contributed by atoms with E-state index in [9.17, 15) is 14.7 Å². The lowest BCUT2D eigenvalue weighted by Gasteiger charge is -2.37. The highest BCUT2D eigenvalue weighted by molar-refractivity contribution is 5.49. The molecule has 4 atom stereocenters. The normalized spacial score (nSPS) is 20.8. The molecule has 0 saturated carbocycles. The summed E-state index contributed by atoms with van der Waals surface area (Å²) in [7, 11) is 3.16. The number of alkyl halides is 1. The largest absolute Gasteiger partial charge is 0.497 e. The van der Waals surface area contributed by atoms with Crippen molar-refractivity contribution in [3.8, 4) is 11.5 Å². The fourth-order valence-corrected chi connectivity index (χ4v) is 4.97. The predicted octanol–water partition coefficient (Wildman–Crippen LogP) is 3.16. The fourth-order valence-electron chi connectivity index (χ4n) is 4.97. The Kier molecular flexibility index (Phi) is 7.83. The minimum atomic E-state index is -1.94. The SMILES string of the molecule is COc1ccc(C(OC[C@@H]2O[C@H](n3ccc(=O)[nH]c3=O)C(F)C2O)(c2ccccc2)c2ccc(OC)cc2)cc1. The zero-order valence-corrected chi connectivity index (χ0v) is 21.9. The van der Waals surface area contributed by atoms with Crippen LogP contribution in [0.2, 0.25) is 0 Å². The van der Waals surface area contributed by atoms with Crippen LogP contribution in [0.1, 0.15) is 22.9 Å². The van der Waals surface area contributed by atoms with Gasteiger partial charge in [-0.3, -0.25) is 14.3 Å². The van der Waals surface area contributed by atoms with E-state index in [0.29, 0.717) is 11.5 Å². The van der Waals surface area contributed by atoms with Crippen molar-refractivity contribution in [3.63, 3.8) is 0 Å². The van der Waals surface area contributed by atoms with Crippen molar-refractivity contribution in [2.75, 3.05) is 20.8 Å². The second-order valence-electron chi connectivity index (χ2n) is 9.33. The number of hydrogen-bond acceptors (Lipinski definition) is 7. The van der Waals surface area contributed by atoms with Crippen LogP contribution in [-0.2, 0) is 15.1 Å². The molecule has 0 spiro atoms. The number of ether oxygens (including phenoxy) is 4. The predicted molar refractivity (Wildman–Crippen MR) is 144 cm³/mol. The lowest BCUT2D eigenvalue weighted by Crippen LogP contribution is -2.39. The van der Waals surface area contributed by atoms with Gasteiger partial charge in [-0.05, 0) is 41.0 Å². The summed E-state index contributed by atoms with van der Waals surface area (Å²) in [4.78, 5) is 25.8. The number of aliphatic hydroxyl groups is 1. The molecule has 1 aliphatic rings. The van der Waals surface area contributed by atoms with Gasteiger partial charge >= 0.3 is 5.69 Å². The summed E-state index contributed by atoms with van der Waals surface area (Å²) in [6.07, 6.45) is -4.97. The minimum Gasteiger partial charge on any atom is -0.497 e. The highest BCUT2D eigenvalue weighted by atomic mass is 19.1. The molecule has 3 aromatic carbocycles. The lowest BCUT2D eigenvalue weighted by molar-refractivity contribution is -0.0950. The molecule has 40 heavy (non-hydrogen) atoms. The summed E-state index contributed by atoms with van der Waals surface area (Å²) >= 11 is 0. The Morgan fingerprint density at radius 3 is 1.95 bits per heavy atom. The van der Waals surface area contributed by atoms with Crippen LogP contribution in [0.5, 0.6) is 11.5 Å². The molecule has 9 nitrogen and oxygen atoms in total. The van der Waals surface area contributed by atoms with Crippen LogP contribution in [0.3, 0.4) is 0 Å². The van der Waals surface area contributed by atoms with Crippen molar-refractivity contribution in [2.24, 2.45) is 0 Å². The number of rotatable bonds is 9. The molecule has 0 aliphatic carbocycles. The fraction of sp³-hybridized carbons (Fsp3) is 0.267. The van der Waals surface area contributed by atoms with Gasteiger partial charge < -0.3 is 24.1 Å². The van der Waals surface area contributed by atoms with Gasteiger partial charge in [-0.2, -0.15) is 0 Å². The monoisotopic (exact) mass is 548 g/mol. The number of benzene rings is 3. The maximum Gasteiger partial charge on any atom is 0.330 e. The van der Waals surface area contributed by atoms with Gasteiger partial charge in [-0.1, -0.05) is 54.6 Å². The molecule has 1 saturated heterocycles. The van der Waals surface area contributed by atoms with Crippen molar-refractivity contribution in [1.82, 2.24) is 9.55 Å². The molecule has 2 N–H and O–H groups in total. The Hall–Kier alpha value is -4.25. The number of methoxy groups -OCH3 is 2. The number of aromatic amines is 1. The van der Waals surface area contributed by atoms with Gasteiger partial charge in [0.15, 0.2) is 12.4 Å². The molecule has 1 aromatic heterocycles. The van der Waals surface area contributed by atoms with Crippen molar-refractivity contribution in [2.45, 2.75) is 30.2 Å². The van der Waals surface area contributed by atoms with E-state index in [-0.39, 0.29) is 6.61 Å². The number of hydrogen-bond donors (Lipinski definition) is 2. The first kappa shape index (κ1) is 27.3. The van der Waals surface area contributed by atoms with Crippen LogP contribution in [0.15, 0.2) is 101 Å². The molecule has 0 bridgehead atoms. The average molecular weight is 549 g/mol. The summed E-state index contributed by atoms with van der Waals surface area (Å²) in [6, 6.07) is 25.4. The second kappa shape index (κ2) is 11.5. The van der Waals surface area contributed by atoms with Crippen molar-refractivity contribution in [3.05, 3.63) is 129 Å². The Bertz CT molecular complexity index is 1490. The number of halogens is 1. The standard InChI is InChI=1S/C30H29FN2O7/c1-37-22-12-8-20(9-13-22)30(19-6-4-3-5-7-19,21-10-14-23(38-2)15-11-21)39-18-24-27(35)26(31)28(40-24)33-17-16-25(34)32-29(33)36/h3-17,24,26-28,35H,18H2,1-2H3,(H,32,34,36)/t24-,26?,27?,28-/m0/s1. The summed E-state index contributed by atoms with van der Waals surface area (Å²) in [6.45, 7) is -0.233. The van der Waals surface area contributed by atoms with Gasteiger partial charge in [0.1, 0.15) is 29.3 Å². The van der Waals surface area contributed by atoms with E-state index in [0.717, 1.165) is 33.5 Å². The molecule has 0 amide bonds. The Morgan fingerprint density at radius 2 is 1.43 bits per heavy atom. The molecule has 2 unspecified atom stereocenters. The van der Waals surface area contributed by atoms with E-state index in [4.69, 9.17) is 18.9 Å². The Morgan fingerprint density at radius 1 is 0.875 bits per heavy atom. The molecular formula is C30H29FN2O7. The number of nitrogens with zero attached hydrogens (tertiary/aromatic N) is 1. The van der Waals surface area contributed by atoms with Gasteiger partial charge in [0.2, 0.25) is 0 Å². The molecular weight excluding hydrogens is 519 g/mol. The van der Waals surface area contributed by atoms with Crippen LogP contribution < -0.4 is 20.7 Å². The number of nitrogens with one attached hydrogen (secondary N) is 1. The maximum atomic E-state index is 15.2. The molecule has 2 heterocycles. The van der Waals surface area contributed by atoms with Gasteiger partial charge in [0.05, 0.1) is 20.8 Å². The van der Waals surface area contributed by atoms with E-state index in [1.165, 1.54) is 0 Å². The molecule has 0 radical (unpaired) electrons. The van der Waals surface area contributed by atoms with E-state index < -0.39 is 41.5 Å². The first-order valence-electron chi connectivity index (χ1n) is 12.6. The highest BCUT2D eigenvalue weighted by Gasteiger charge is 2.47. The third-order valence-corrected chi connectivity index (χ3v) is 7.06. The van der Waals surface area contributed by atoms with Crippen LogP contribution in [0.25, 0.3) is 0 Å². The van der Waals surface area contributed by atoms with Crippen LogP contribution in [-0.4, -0.2) is 53.9 Å². The quantitative estimate of drug-likeness (QED) is 0.309. The van der Waals surface area contributed by atoms with Gasteiger partial charge in [-0.15, -0.1) is 0 Å². The number of aromatic nitrogens is 2. The Balaban J connectivity index is 1.56. The van der Waals surface area contributed by atoms with Gasteiger partial charge in [0.25, 0.3) is 5.56 Å². The first-order chi connectivity index (χ1) is 19.4. The van der Waals surface area contributed by atoms with Crippen molar-refractivity contribution < 1.29 is 28.4 Å². The summed E-state index contributed by atoms with van der Waals surface area (Å²) in [5.74, 6) is 1.31. The Labute approximate surface area is 229 Å². The average Bonchev–Trinajstić information content (AvgIpc) is 3.27. The third-order valence-electron chi connectivity index (χ3n) is 7.06. The van der Waals surface area contributed by atoms with Crippen LogP contribution >= 0.6 is 0 Å². The van der Waals surface area contributed by atoms with Crippen molar-refractivity contribution in [1.29, 1.82) is 0 Å². The lowest BCUT2D eigenvalue weighted by atomic mass is 9.80. The van der Waals surface area contributed by atoms with E-state index in [1.807, 2.05) is 78.9 Å². The summed E-state index contributed by atoms with van der Waals surface area (Å²) in [5.41, 5.74) is -0.389. The topological polar surface area (TPSA) is 112 Å². The van der Waals surface area contributed by atoms with E-state index >= 15 is 4.39 Å². The van der Waals surface area contributed by atoms with Crippen LogP contribution in [0, 0.1) is 0 Å². The maximum absolute atomic E-state index is 15.2. The molecule has 5 rings (SSSR count). The molecule has 10 heteroatoms. The zero-order valence-electron chi connectivity index (χ0n) is 21.9. The number of H-pyrrole nitrogens is 1. The zero-order chi connectivity index (χ0) is 28.3. The summed E-state index contributed by atoms with van der Waals surface area (Å²) in [5, 5.41) is 10.8.